The third-order valence-electron chi connectivity index (χ3n) is 5.96. The molecule has 5 nitrogen and oxygen atoms in total. The Labute approximate surface area is 227 Å². The summed E-state index contributed by atoms with van der Waals surface area (Å²) in [5, 5.41) is 6.73. The maximum Gasteiger partial charge on any atom is 1.00 e. The molecule has 1 unspecified atom stereocenters. The Balaban J connectivity index is 0.000000386. The molecule has 2 aromatic carbocycles. The molecule has 2 saturated heterocycles. The van der Waals surface area contributed by atoms with Crippen LogP contribution in [0.15, 0.2) is 110 Å². The van der Waals surface area contributed by atoms with Crippen LogP contribution in [0.25, 0.3) is 0 Å². The molecule has 174 valence electrons. The van der Waals surface area contributed by atoms with E-state index in [1.54, 1.807) is 6.54 Å². The Morgan fingerprint density at radius 1 is 1.06 bits per heavy atom. The summed E-state index contributed by atoms with van der Waals surface area (Å²) in [6, 6.07) is 20.5. The molecular formula is C28H36N5Na. The molecule has 2 aromatic rings. The number of nitrogens with zero attached hydrogens (tertiary/aromatic N) is 2. The maximum atomic E-state index is 5.22. The molecule has 0 bridgehead atoms. The van der Waals surface area contributed by atoms with E-state index < -0.39 is 0 Å². The van der Waals surface area contributed by atoms with Crippen LogP contribution >= 0.6 is 0 Å². The molecule has 0 spiro atoms. The summed E-state index contributed by atoms with van der Waals surface area (Å²) in [6.45, 7) is 21.7. The fraction of sp³-hybridized carbons (Fsp3) is 0.250. The Morgan fingerprint density at radius 3 is 2.26 bits per heavy atom. The van der Waals surface area contributed by atoms with Crippen LogP contribution in [0.3, 0.4) is 0 Å². The molecule has 2 aliphatic rings. The van der Waals surface area contributed by atoms with Gasteiger partial charge in [-0.25, -0.2) is 0 Å². The minimum Gasteiger partial charge on any atom is -0.383 e. The summed E-state index contributed by atoms with van der Waals surface area (Å²) >= 11 is 0. The van der Waals surface area contributed by atoms with Crippen LogP contribution in [-0.2, 0) is 6.54 Å². The number of hydrogen-bond donors (Lipinski definition) is 3. The number of benzene rings is 2. The topological polar surface area (TPSA) is 56.6 Å². The zero-order valence-electron chi connectivity index (χ0n) is 20.5. The van der Waals surface area contributed by atoms with Crippen molar-refractivity contribution in [3.63, 3.8) is 0 Å². The van der Waals surface area contributed by atoms with Crippen molar-refractivity contribution >= 4 is 0 Å². The van der Waals surface area contributed by atoms with Gasteiger partial charge in [-0.1, -0.05) is 62.7 Å². The first-order valence-electron chi connectivity index (χ1n) is 11.4. The van der Waals surface area contributed by atoms with Gasteiger partial charge in [-0.15, -0.1) is 18.7 Å². The van der Waals surface area contributed by atoms with Gasteiger partial charge in [0.05, 0.1) is 25.0 Å². The first-order valence-corrected chi connectivity index (χ1v) is 11.4. The smallest absolute Gasteiger partial charge is 0.383 e. The summed E-state index contributed by atoms with van der Waals surface area (Å²) in [5.74, 6) is 0.905. The van der Waals surface area contributed by atoms with Crippen molar-refractivity contribution in [1.29, 1.82) is 0 Å². The third kappa shape index (κ3) is 7.74. The summed E-state index contributed by atoms with van der Waals surface area (Å²) in [6.07, 6.45) is 2.27. The van der Waals surface area contributed by atoms with Crippen molar-refractivity contribution in [2.24, 2.45) is 5.73 Å². The van der Waals surface area contributed by atoms with E-state index in [4.69, 9.17) is 5.73 Å². The van der Waals surface area contributed by atoms with Gasteiger partial charge in [0.25, 0.3) is 0 Å². The molecule has 0 radical (unpaired) electrons. The number of likely N-dealkylation sites (tertiary alicyclic amines) is 1. The van der Waals surface area contributed by atoms with Crippen LogP contribution in [0.2, 0.25) is 0 Å². The normalized spacial score (nSPS) is 16.7. The van der Waals surface area contributed by atoms with Gasteiger partial charge >= 0.3 is 29.6 Å². The third-order valence-corrected chi connectivity index (χ3v) is 5.96. The van der Waals surface area contributed by atoms with Crippen molar-refractivity contribution in [3.8, 4) is 0 Å². The van der Waals surface area contributed by atoms with Crippen LogP contribution < -0.4 is 45.9 Å². The molecule has 0 saturated carbocycles. The molecule has 34 heavy (non-hydrogen) atoms. The average molecular weight is 466 g/mol. The van der Waals surface area contributed by atoms with E-state index >= 15 is 0 Å². The van der Waals surface area contributed by atoms with Gasteiger partial charge in [0.15, 0.2) is 0 Å². The monoisotopic (exact) mass is 465 g/mol. The minimum atomic E-state index is 0. The Morgan fingerprint density at radius 2 is 1.71 bits per heavy atom. The van der Waals surface area contributed by atoms with E-state index in [9.17, 15) is 0 Å². The second-order valence-corrected chi connectivity index (χ2v) is 8.31. The first kappa shape index (κ1) is 27.7. The Hall–Kier alpha value is -2.57. The fourth-order valence-electron chi connectivity index (χ4n) is 4.07. The predicted octanol–water partition coefficient (Wildman–Crippen LogP) is 1.32. The fourth-order valence-corrected chi connectivity index (χ4v) is 4.07. The molecule has 2 fully saturated rings. The maximum absolute atomic E-state index is 5.22. The predicted molar refractivity (Wildman–Crippen MR) is 138 cm³/mol. The van der Waals surface area contributed by atoms with Crippen LogP contribution in [0, 0.1) is 6.54 Å². The average Bonchev–Trinajstić information content (AvgIpc) is 3.47. The molecule has 6 heteroatoms. The van der Waals surface area contributed by atoms with E-state index in [0.29, 0.717) is 6.04 Å². The number of hydrogen-bond acceptors (Lipinski definition) is 5. The second kappa shape index (κ2) is 14.0. The summed E-state index contributed by atoms with van der Waals surface area (Å²) in [4.78, 5) is 4.48. The van der Waals surface area contributed by atoms with Gasteiger partial charge in [0.1, 0.15) is 0 Å². The Bertz CT molecular complexity index is 941. The summed E-state index contributed by atoms with van der Waals surface area (Å²) in [7, 11) is 0. The van der Waals surface area contributed by atoms with Gasteiger partial charge in [-0.3, -0.25) is 0 Å². The van der Waals surface area contributed by atoms with Gasteiger partial charge < -0.3 is 26.2 Å². The van der Waals surface area contributed by atoms with E-state index in [1.165, 1.54) is 5.56 Å². The van der Waals surface area contributed by atoms with Crippen LogP contribution in [-0.4, -0.2) is 35.5 Å². The van der Waals surface area contributed by atoms with Crippen molar-refractivity contribution < 1.29 is 29.6 Å². The molecule has 0 aliphatic carbocycles. The van der Waals surface area contributed by atoms with Crippen LogP contribution in [0.4, 0.5) is 0 Å². The largest absolute Gasteiger partial charge is 1.00 e. The van der Waals surface area contributed by atoms with E-state index in [2.05, 4.69) is 71.0 Å². The molecule has 2 heterocycles. The van der Waals surface area contributed by atoms with Gasteiger partial charge in [-0.2, -0.15) is 17.7 Å². The second-order valence-electron chi connectivity index (χ2n) is 8.31. The van der Waals surface area contributed by atoms with Crippen LogP contribution in [0.1, 0.15) is 24.0 Å². The zero-order valence-corrected chi connectivity index (χ0v) is 22.5. The van der Waals surface area contributed by atoms with Crippen molar-refractivity contribution in [1.82, 2.24) is 20.4 Å². The Kier molecular flexibility index (Phi) is 11.4. The molecule has 1 atom stereocenters. The molecule has 0 aromatic heterocycles. The van der Waals surface area contributed by atoms with Gasteiger partial charge in [0, 0.05) is 30.2 Å². The summed E-state index contributed by atoms with van der Waals surface area (Å²) < 4.78 is 0. The molecule has 0 amide bonds. The van der Waals surface area contributed by atoms with Gasteiger partial charge in [-0.05, 0) is 18.4 Å². The molecule has 4 N–H and O–H groups in total. The molecule has 2 aliphatic heterocycles. The standard InChI is InChI=1S/C21H28N4.C7H8N.Na/c1-16-13-23-19(4)25(16)15-17(2)24-12-8-11-21(24)18(3)22-14-20-9-6-5-7-10-20;8-6-7-4-2-1-3-5-7;/h5-7,9-10,21-23H,1-4,8,11-15H2;1-6H,8H2;/q;-1;+1. The quantitative estimate of drug-likeness (QED) is 0.406. The molecule has 4 rings (SSSR count). The number of nitrogens with one attached hydrogen (secondary N) is 2. The minimum absolute atomic E-state index is 0. The number of nitrogens with two attached hydrogens (primary N) is 1. The van der Waals surface area contributed by atoms with Gasteiger partial charge in [0.2, 0.25) is 0 Å². The summed E-state index contributed by atoms with van der Waals surface area (Å²) in [5.41, 5.74) is 10.8. The van der Waals surface area contributed by atoms with Crippen molar-refractivity contribution in [3.05, 3.63) is 128 Å². The number of rotatable bonds is 8. The van der Waals surface area contributed by atoms with E-state index in [-0.39, 0.29) is 29.6 Å². The zero-order chi connectivity index (χ0) is 23.6. The van der Waals surface area contributed by atoms with E-state index in [0.717, 1.165) is 67.5 Å². The first-order chi connectivity index (χ1) is 16.0. The van der Waals surface area contributed by atoms with Crippen molar-refractivity contribution in [2.75, 3.05) is 19.6 Å². The SMILES string of the molecule is C=C(NCc1ccccc1)C1CCCN1C(=C)CN1C(=C)CNC1=C.N[CH-]c1ccccc1.[Na+]. The van der Waals surface area contributed by atoms with Crippen LogP contribution in [0.5, 0.6) is 0 Å². The van der Waals surface area contributed by atoms with E-state index in [1.807, 2.05) is 36.4 Å². The molecular weight excluding hydrogens is 429 g/mol. The van der Waals surface area contributed by atoms with Crippen molar-refractivity contribution in [2.45, 2.75) is 25.4 Å².